The number of thiazole rings is 1. The Kier molecular flexibility index (Phi) is 5.62. The van der Waals surface area contributed by atoms with Crippen molar-refractivity contribution in [2.45, 2.75) is 25.7 Å². The number of benzene rings is 1. The molecule has 1 aliphatic rings. The summed E-state index contributed by atoms with van der Waals surface area (Å²) in [4.78, 5) is 21.4. The Morgan fingerprint density at radius 2 is 1.92 bits per heavy atom. The van der Waals surface area contributed by atoms with Crippen molar-refractivity contribution in [2.24, 2.45) is 0 Å². The largest absolute Gasteiger partial charge is 0.351 e. The third-order valence-corrected chi connectivity index (χ3v) is 7.01. The summed E-state index contributed by atoms with van der Waals surface area (Å²) < 4.78 is 1.18. The van der Waals surface area contributed by atoms with Gasteiger partial charge in [0.15, 0.2) is 0 Å². The van der Waals surface area contributed by atoms with Gasteiger partial charge in [-0.05, 0) is 63.2 Å². The van der Waals surface area contributed by atoms with Gasteiger partial charge in [0.2, 0.25) is 0 Å². The maximum atomic E-state index is 12.4. The predicted octanol–water partition coefficient (Wildman–Crippen LogP) is 4.63. The maximum absolute atomic E-state index is 12.4. The first kappa shape index (κ1) is 17.6. The molecular formula is C20H23N3OS2. The van der Waals surface area contributed by atoms with Crippen LogP contribution in [0.3, 0.4) is 0 Å². The molecule has 1 amide bonds. The third kappa shape index (κ3) is 4.14. The van der Waals surface area contributed by atoms with Gasteiger partial charge in [-0.25, -0.2) is 4.98 Å². The lowest BCUT2D eigenvalue weighted by molar-refractivity contribution is 0.0955. The molecule has 0 aliphatic carbocycles. The number of piperidine rings is 1. The number of amides is 1. The first-order valence-electron chi connectivity index (χ1n) is 9.26. The van der Waals surface area contributed by atoms with Crippen molar-refractivity contribution >= 4 is 38.8 Å². The Labute approximate surface area is 161 Å². The van der Waals surface area contributed by atoms with E-state index in [2.05, 4.69) is 21.3 Å². The summed E-state index contributed by atoms with van der Waals surface area (Å²) in [6, 6.07) is 12.1. The van der Waals surface area contributed by atoms with Gasteiger partial charge in [-0.2, -0.15) is 0 Å². The highest BCUT2D eigenvalue weighted by atomic mass is 32.1. The number of rotatable bonds is 6. The minimum Gasteiger partial charge on any atom is -0.351 e. The van der Waals surface area contributed by atoms with Gasteiger partial charge in [-0.3, -0.25) is 4.79 Å². The number of carbonyl (C=O) groups excluding carboxylic acids is 1. The Hall–Kier alpha value is -1.76. The topological polar surface area (TPSA) is 45.2 Å². The van der Waals surface area contributed by atoms with Crippen LogP contribution >= 0.6 is 22.7 Å². The standard InChI is InChI=1S/C20H23N3OS2/c24-19(21-11-6-14-23-12-4-1-5-13-23)17-9-10-18(25-17)20-22-15-7-2-3-8-16(15)26-20/h2-3,7-10H,1,4-6,11-14H2,(H,21,24). The lowest BCUT2D eigenvalue weighted by atomic mass is 10.1. The molecule has 0 bridgehead atoms. The molecule has 0 unspecified atom stereocenters. The quantitative estimate of drug-likeness (QED) is 0.629. The number of hydrogen-bond acceptors (Lipinski definition) is 5. The second-order valence-electron chi connectivity index (χ2n) is 6.66. The molecule has 0 saturated carbocycles. The molecule has 0 radical (unpaired) electrons. The summed E-state index contributed by atoms with van der Waals surface area (Å²) in [5.41, 5.74) is 1.02. The molecule has 1 saturated heterocycles. The number of thiophene rings is 1. The van der Waals surface area contributed by atoms with E-state index in [4.69, 9.17) is 0 Å². The molecule has 3 aromatic rings. The van der Waals surface area contributed by atoms with Gasteiger partial charge in [-0.15, -0.1) is 22.7 Å². The van der Waals surface area contributed by atoms with E-state index in [0.717, 1.165) is 39.8 Å². The van der Waals surface area contributed by atoms with Gasteiger partial charge >= 0.3 is 0 Å². The Morgan fingerprint density at radius 3 is 2.77 bits per heavy atom. The zero-order valence-electron chi connectivity index (χ0n) is 14.7. The van der Waals surface area contributed by atoms with Crippen LogP contribution in [0.5, 0.6) is 0 Å². The minimum atomic E-state index is 0.0287. The monoisotopic (exact) mass is 385 g/mol. The van der Waals surface area contributed by atoms with E-state index in [9.17, 15) is 4.79 Å². The average Bonchev–Trinajstić information content (AvgIpc) is 3.32. The van der Waals surface area contributed by atoms with Crippen LogP contribution in [0.1, 0.15) is 35.4 Å². The van der Waals surface area contributed by atoms with Crippen LogP contribution in [-0.4, -0.2) is 42.0 Å². The molecule has 4 nitrogen and oxygen atoms in total. The van der Waals surface area contributed by atoms with Crippen molar-refractivity contribution in [2.75, 3.05) is 26.2 Å². The van der Waals surface area contributed by atoms with E-state index in [0.29, 0.717) is 0 Å². The number of hydrogen-bond donors (Lipinski definition) is 1. The summed E-state index contributed by atoms with van der Waals surface area (Å²) in [7, 11) is 0. The number of nitrogens with zero attached hydrogens (tertiary/aromatic N) is 2. The fraction of sp³-hybridized carbons (Fsp3) is 0.400. The molecule has 136 valence electrons. The van der Waals surface area contributed by atoms with Gasteiger partial charge in [0.05, 0.1) is 20.0 Å². The Balaban J connectivity index is 1.31. The smallest absolute Gasteiger partial charge is 0.261 e. The van der Waals surface area contributed by atoms with E-state index in [-0.39, 0.29) is 5.91 Å². The number of fused-ring (bicyclic) bond motifs is 1. The average molecular weight is 386 g/mol. The molecule has 1 aliphatic heterocycles. The van der Waals surface area contributed by atoms with Gasteiger partial charge in [0.1, 0.15) is 5.01 Å². The van der Waals surface area contributed by atoms with Crippen molar-refractivity contribution in [3.63, 3.8) is 0 Å². The van der Waals surface area contributed by atoms with Crippen LogP contribution in [-0.2, 0) is 0 Å². The first-order valence-corrected chi connectivity index (χ1v) is 10.9. The van der Waals surface area contributed by atoms with E-state index in [1.165, 1.54) is 48.4 Å². The summed E-state index contributed by atoms with van der Waals surface area (Å²) in [6.45, 7) is 4.25. The summed E-state index contributed by atoms with van der Waals surface area (Å²) in [5, 5.41) is 4.04. The van der Waals surface area contributed by atoms with Crippen LogP contribution < -0.4 is 5.32 Å². The first-order chi connectivity index (χ1) is 12.8. The molecule has 4 rings (SSSR count). The SMILES string of the molecule is O=C(NCCCN1CCCCC1)c1ccc(-c2nc3ccccc3s2)s1. The molecule has 6 heteroatoms. The molecular weight excluding hydrogens is 362 g/mol. The Morgan fingerprint density at radius 1 is 1.08 bits per heavy atom. The van der Waals surface area contributed by atoms with Crippen LogP contribution in [0.4, 0.5) is 0 Å². The fourth-order valence-corrected chi connectivity index (χ4v) is 5.27. The van der Waals surface area contributed by atoms with E-state index in [1.54, 1.807) is 11.3 Å². The van der Waals surface area contributed by atoms with Crippen molar-refractivity contribution in [3.8, 4) is 9.88 Å². The summed E-state index contributed by atoms with van der Waals surface area (Å²) in [5.74, 6) is 0.0287. The van der Waals surface area contributed by atoms with Crippen LogP contribution in [0, 0.1) is 0 Å². The third-order valence-electron chi connectivity index (χ3n) is 4.72. The van der Waals surface area contributed by atoms with Crippen molar-refractivity contribution in [3.05, 3.63) is 41.3 Å². The van der Waals surface area contributed by atoms with E-state index in [1.807, 2.05) is 30.3 Å². The summed E-state index contributed by atoms with van der Waals surface area (Å²) in [6.07, 6.45) is 5.01. The molecule has 1 N–H and O–H groups in total. The predicted molar refractivity (Wildman–Crippen MR) is 110 cm³/mol. The number of carbonyl (C=O) groups is 1. The number of likely N-dealkylation sites (tertiary alicyclic amines) is 1. The normalized spacial score (nSPS) is 15.4. The highest BCUT2D eigenvalue weighted by Gasteiger charge is 2.13. The van der Waals surface area contributed by atoms with Crippen molar-refractivity contribution < 1.29 is 4.79 Å². The van der Waals surface area contributed by atoms with E-state index >= 15 is 0 Å². The van der Waals surface area contributed by atoms with Crippen LogP contribution in [0.15, 0.2) is 36.4 Å². The lowest BCUT2D eigenvalue weighted by Crippen LogP contribution is -2.33. The molecule has 1 aromatic carbocycles. The fourth-order valence-electron chi connectivity index (χ4n) is 3.33. The zero-order valence-corrected chi connectivity index (χ0v) is 16.4. The minimum absolute atomic E-state index is 0.0287. The lowest BCUT2D eigenvalue weighted by Gasteiger charge is -2.26. The highest BCUT2D eigenvalue weighted by Crippen LogP contribution is 2.34. The molecule has 26 heavy (non-hydrogen) atoms. The molecule has 1 fully saturated rings. The van der Waals surface area contributed by atoms with Gasteiger partial charge in [0.25, 0.3) is 5.91 Å². The van der Waals surface area contributed by atoms with E-state index < -0.39 is 0 Å². The van der Waals surface area contributed by atoms with Gasteiger partial charge in [-0.1, -0.05) is 18.6 Å². The highest BCUT2D eigenvalue weighted by molar-refractivity contribution is 7.26. The molecule has 0 spiro atoms. The number of para-hydroxylation sites is 1. The van der Waals surface area contributed by atoms with Crippen molar-refractivity contribution in [1.82, 2.24) is 15.2 Å². The molecule has 3 heterocycles. The second kappa shape index (κ2) is 8.29. The maximum Gasteiger partial charge on any atom is 0.261 e. The molecule has 2 aromatic heterocycles. The van der Waals surface area contributed by atoms with Crippen LogP contribution in [0.25, 0.3) is 20.1 Å². The molecule has 0 atom stereocenters. The van der Waals surface area contributed by atoms with Gasteiger partial charge in [0, 0.05) is 6.54 Å². The summed E-state index contributed by atoms with van der Waals surface area (Å²) >= 11 is 3.20. The van der Waals surface area contributed by atoms with Crippen molar-refractivity contribution in [1.29, 1.82) is 0 Å². The number of nitrogens with one attached hydrogen (secondary N) is 1. The zero-order chi connectivity index (χ0) is 17.8. The Bertz CT molecular complexity index is 847. The second-order valence-corrected chi connectivity index (χ2v) is 8.78. The van der Waals surface area contributed by atoms with Crippen LogP contribution in [0.2, 0.25) is 0 Å². The van der Waals surface area contributed by atoms with Gasteiger partial charge < -0.3 is 10.2 Å². The number of aromatic nitrogens is 1.